The Morgan fingerprint density at radius 1 is 1.25 bits per heavy atom. The molecule has 1 aliphatic rings. The molecule has 1 aromatic carbocycles. The zero-order valence-corrected chi connectivity index (χ0v) is 16.5. The highest BCUT2D eigenvalue weighted by Crippen LogP contribution is 2.22. The number of para-hydroxylation sites is 1. The van der Waals surface area contributed by atoms with E-state index in [0.717, 1.165) is 11.3 Å². The van der Waals surface area contributed by atoms with E-state index in [1.54, 1.807) is 19.0 Å². The van der Waals surface area contributed by atoms with Crippen molar-refractivity contribution in [2.75, 3.05) is 33.9 Å². The number of furan rings is 1. The van der Waals surface area contributed by atoms with Gasteiger partial charge in [0.15, 0.2) is 5.76 Å². The fourth-order valence-corrected chi connectivity index (χ4v) is 3.11. The molecule has 28 heavy (non-hydrogen) atoms. The lowest BCUT2D eigenvalue weighted by molar-refractivity contribution is -0.131. The van der Waals surface area contributed by atoms with Crippen molar-refractivity contribution in [3.8, 4) is 5.75 Å². The Balaban J connectivity index is 1.70. The van der Waals surface area contributed by atoms with Gasteiger partial charge in [0.25, 0.3) is 5.91 Å². The van der Waals surface area contributed by atoms with E-state index < -0.39 is 0 Å². The van der Waals surface area contributed by atoms with Crippen LogP contribution in [0.25, 0.3) is 0 Å². The first-order chi connectivity index (χ1) is 13.5. The number of carbonyl (C=O) groups excluding carboxylic acids is 2. The predicted molar refractivity (Wildman–Crippen MR) is 103 cm³/mol. The molecule has 0 spiro atoms. The van der Waals surface area contributed by atoms with Crippen molar-refractivity contribution in [3.05, 3.63) is 53.5 Å². The summed E-state index contributed by atoms with van der Waals surface area (Å²) in [7, 11) is 3.40. The summed E-state index contributed by atoms with van der Waals surface area (Å²) in [5.74, 6) is 1.35. The van der Waals surface area contributed by atoms with E-state index in [1.807, 2.05) is 43.3 Å². The minimum Gasteiger partial charge on any atom is -0.486 e. The number of rotatable bonds is 6. The summed E-state index contributed by atoms with van der Waals surface area (Å²) in [6.07, 6.45) is 0.225. The SMILES string of the molecule is Cc1cc(COc2ccccc2)oc1C(=O)N1CCOC[C@@H]1CC(=O)N(C)C. The van der Waals surface area contributed by atoms with Crippen LogP contribution < -0.4 is 4.74 Å². The van der Waals surface area contributed by atoms with Crippen molar-refractivity contribution < 1.29 is 23.5 Å². The van der Waals surface area contributed by atoms with Crippen LogP contribution in [0.5, 0.6) is 5.75 Å². The summed E-state index contributed by atoms with van der Waals surface area (Å²) < 4.78 is 17.0. The zero-order valence-electron chi connectivity index (χ0n) is 16.5. The monoisotopic (exact) mass is 386 g/mol. The highest BCUT2D eigenvalue weighted by molar-refractivity contribution is 5.93. The standard InChI is InChI=1S/C21H26N2O5/c1-15-11-18(14-27-17-7-5-4-6-8-17)28-20(15)21(25)23-9-10-26-13-16(23)12-19(24)22(2)3/h4-8,11,16H,9-10,12-14H2,1-3H3/t16-/m0/s1. The third kappa shape index (κ3) is 4.72. The lowest BCUT2D eigenvalue weighted by Crippen LogP contribution is -2.50. The van der Waals surface area contributed by atoms with Gasteiger partial charge in [-0.1, -0.05) is 18.2 Å². The predicted octanol–water partition coefficient (Wildman–Crippen LogP) is 2.49. The molecule has 0 bridgehead atoms. The number of hydrogen-bond donors (Lipinski definition) is 0. The van der Waals surface area contributed by atoms with Crippen molar-refractivity contribution in [1.29, 1.82) is 0 Å². The van der Waals surface area contributed by atoms with Gasteiger partial charge in [-0.15, -0.1) is 0 Å². The molecule has 0 saturated carbocycles. The topological polar surface area (TPSA) is 72.2 Å². The van der Waals surface area contributed by atoms with Gasteiger partial charge in [-0.25, -0.2) is 0 Å². The van der Waals surface area contributed by atoms with Gasteiger partial charge in [0.2, 0.25) is 5.91 Å². The molecule has 0 unspecified atom stereocenters. The molecule has 1 aliphatic heterocycles. The van der Waals surface area contributed by atoms with Crippen LogP contribution in [0.3, 0.4) is 0 Å². The number of hydrogen-bond acceptors (Lipinski definition) is 5. The number of aryl methyl sites for hydroxylation is 1. The lowest BCUT2D eigenvalue weighted by Gasteiger charge is -2.35. The molecular weight excluding hydrogens is 360 g/mol. The van der Waals surface area contributed by atoms with Crippen molar-refractivity contribution in [2.24, 2.45) is 0 Å². The van der Waals surface area contributed by atoms with Gasteiger partial charge in [-0.2, -0.15) is 0 Å². The van der Waals surface area contributed by atoms with Gasteiger partial charge in [0, 0.05) is 32.6 Å². The van der Waals surface area contributed by atoms with Crippen LogP contribution in [0.2, 0.25) is 0 Å². The fraction of sp³-hybridized carbons (Fsp3) is 0.429. The normalized spacial score (nSPS) is 16.7. The van der Waals surface area contributed by atoms with E-state index in [1.165, 1.54) is 4.90 Å². The first-order valence-corrected chi connectivity index (χ1v) is 9.31. The minimum atomic E-state index is -0.301. The summed E-state index contributed by atoms with van der Waals surface area (Å²) in [5, 5.41) is 0. The molecule has 7 nitrogen and oxygen atoms in total. The van der Waals surface area contributed by atoms with Gasteiger partial charge in [0.05, 0.1) is 19.3 Å². The van der Waals surface area contributed by atoms with E-state index in [0.29, 0.717) is 25.5 Å². The molecule has 1 atom stereocenters. The highest BCUT2D eigenvalue weighted by Gasteiger charge is 2.32. The molecule has 150 valence electrons. The average molecular weight is 386 g/mol. The van der Waals surface area contributed by atoms with E-state index in [4.69, 9.17) is 13.9 Å². The quantitative estimate of drug-likeness (QED) is 0.763. The Morgan fingerprint density at radius 3 is 2.71 bits per heavy atom. The number of benzene rings is 1. The van der Waals surface area contributed by atoms with Crippen molar-refractivity contribution in [2.45, 2.75) is 26.0 Å². The van der Waals surface area contributed by atoms with Crippen LogP contribution in [0.15, 0.2) is 40.8 Å². The smallest absolute Gasteiger partial charge is 0.290 e. The summed E-state index contributed by atoms with van der Waals surface area (Å²) in [5.41, 5.74) is 0.751. The fourth-order valence-electron chi connectivity index (χ4n) is 3.11. The molecule has 2 aromatic rings. The van der Waals surface area contributed by atoms with Gasteiger partial charge < -0.3 is 23.7 Å². The highest BCUT2D eigenvalue weighted by atomic mass is 16.5. The van der Waals surface area contributed by atoms with Gasteiger partial charge in [-0.05, 0) is 25.1 Å². The second-order valence-electron chi connectivity index (χ2n) is 7.05. The molecule has 2 amide bonds. The number of amides is 2. The molecule has 3 rings (SSSR count). The van der Waals surface area contributed by atoms with Gasteiger partial charge in [0.1, 0.15) is 18.1 Å². The maximum absolute atomic E-state index is 13.1. The van der Waals surface area contributed by atoms with Crippen LogP contribution in [0.1, 0.15) is 28.3 Å². The summed E-state index contributed by atoms with van der Waals surface area (Å²) in [6.45, 7) is 3.30. The Hall–Kier alpha value is -2.80. The first kappa shape index (κ1) is 19.9. The van der Waals surface area contributed by atoms with E-state index in [9.17, 15) is 9.59 Å². The Kier molecular flexibility index (Phi) is 6.36. The third-order valence-corrected chi connectivity index (χ3v) is 4.68. The van der Waals surface area contributed by atoms with E-state index in [2.05, 4.69) is 0 Å². The molecule has 0 aliphatic carbocycles. The molecule has 7 heteroatoms. The molecule has 1 saturated heterocycles. The van der Waals surface area contributed by atoms with Crippen LogP contribution in [0.4, 0.5) is 0 Å². The summed E-state index contributed by atoms with van der Waals surface area (Å²) in [4.78, 5) is 28.4. The summed E-state index contributed by atoms with van der Waals surface area (Å²) >= 11 is 0. The third-order valence-electron chi connectivity index (χ3n) is 4.68. The van der Waals surface area contributed by atoms with Crippen molar-refractivity contribution in [3.63, 3.8) is 0 Å². The lowest BCUT2D eigenvalue weighted by atomic mass is 10.1. The first-order valence-electron chi connectivity index (χ1n) is 9.31. The van der Waals surface area contributed by atoms with Crippen LogP contribution in [-0.4, -0.2) is 61.5 Å². The molecule has 0 radical (unpaired) electrons. The summed E-state index contributed by atoms with van der Waals surface area (Å²) in [6, 6.07) is 10.9. The number of nitrogens with zero attached hydrogens (tertiary/aromatic N) is 2. The molecular formula is C21H26N2O5. The molecule has 0 N–H and O–H groups in total. The Bertz CT molecular complexity index is 815. The molecule has 1 aromatic heterocycles. The van der Waals surface area contributed by atoms with Crippen LogP contribution >= 0.6 is 0 Å². The maximum atomic E-state index is 13.1. The number of carbonyl (C=O) groups is 2. The van der Waals surface area contributed by atoms with E-state index >= 15 is 0 Å². The van der Waals surface area contributed by atoms with Gasteiger partial charge in [-0.3, -0.25) is 9.59 Å². The zero-order chi connectivity index (χ0) is 20.1. The minimum absolute atomic E-state index is 0.0404. The van der Waals surface area contributed by atoms with Crippen LogP contribution in [-0.2, 0) is 16.1 Å². The Labute approximate surface area is 164 Å². The van der Waals surface area contributed by atoms with Gasteiger partial charge >= 0.3 is 0 Å². The Morgan fingerprint density at radius 2 is 2.00 bits per heavy atom. The molecule has 1 fully saturated rings. The second kappa shape index (κ2) is 8.93. The van der Waals surface area contributed by atoms with Crippen molar-refractivity contribution in [1.82, 2.24) is 9.80 Å². The maximum Gasteiger partial charge on any atom is 0.290 e. The molecule has 2 heterocycles. The number of morpholine rings is 1. The largest absolute Gasteiger partial charge is 0.486 e. The number of ether oxygens (including phenoxy) is 2. The van der Waals surface area contributed by atoms with Crippen LogP contribution in [0, 0.1) is 6.92 Å². The average Bonchev–Trinajstić information content (AvgIpc) is 3.07. The van der Waals surface area contributed by atoms with E-state index in [-0.39, 0.29) is 36.6 Å². The second-order valence-corrected chi connectivity index (χ2v) is 7.05. The van der Waals surface area contributed by atoms with Crippen molar-refractivity contribution >= 4 is 11.8 Å².